The van der Waals surface area contributed by atoms with Crippen molar-refractivity contribution in [1.82, 2.24) is 15.1 Å². The van der Waals surface area contributed by atoms with E-state index in [0.717, 1.165) is 36.7 Å². The molecule has 29 heavy (non-hydrogen) atoms. The number of carbonyl (C=O) groups excluding carboxylic acids is 1. The number of allylic oxidation sites excluding steroid dienone is 4. The van der Waals surface area contributed by atoms with Crippen LogP contribution in [0.25, 0.3) is 11.0 Å². The molecule has 0 aliphatic carbocycles. The molecule has 2 aromatic rings. The molecule has 0 bridgehead atoms. The van der Waals surface area contributed by atoms with E-state index in [4.69, 9.17) is 0 Å². The minimum absolute atomic E-state index is 0.00802. The van der Waals surface area contributed by atoms with Crippen molar-refractivity contribution < 1.29 is 4.79 Å². The van der Waals surface area contributed by atoms with Gasteiger partial charge in [0.2, 0.25) is 5.91 Å². The molecule has 5 heteroatoms. The fourth-order valence-electron chi connectivity index (χ4n) is 3.22. The topological polar surface area (TPSA) is 59.8 Å². The molecule has 0 aliphatic rings. The molecule has 5 nitrogen and oxygen atoms in total. The first-order valence-corrected chi connectivity index (χ1v) is 11.2. The predicted molar refractivity (Wildman–Crippen MR) is 121 cm³/mol. The van der Waals surface area contributed by atoms with Crippen LogP contribution in [0, 0.1) is 0 Å². The Morgan fingerprint density at radius 3 is 2.41 bits per heavy atom. The van der Waals surface area contributed by atoms with Crippen LogP contribution in [-0.4, -0.2) is 21.0 Å². The maximum absolute atomic E-state index is 12.1. The maximum atomic E-state index is 12.1. The number of rotatable bonds is 15. The van der Waals surface area contributed by atoms with Crippen molar-refractivity contribution >= 4 is 16.9 Å². The number of nitrogens with zero attached hydrogens (tertiary/aromatic N) is 3. The van der Waals surface area contributed by atoms with Crippen molar-refractivity contribution in [3.8, 4) is 0 Å². The van der Waals surface area contributed by atoms with Gasteiger partial charge in [-0.3, -0.25) is 4.79 Å². The van der Waals surface area contributed by atoms with Gasteiger partial charge in [-0.15, -0.1) is 5.10 Å². The van der Waals surface area contributed by atoms with E-state index in [1.807, 2.05) is 24.3 Å². The summed E-state index contributed by atoms with van der Waals surface area (Å²) in [4.78, 5) is 13.5. The van der Waals surface area contributed by atoms with E-state index in [9.17, 15) is 4.79 Å². The zero-order valence-electron chi connectivity index (χ0n) is 17.9. The third-order valence-electron chi connectivity index (χ3n) is 4.94. The third kappa shape index (κ3) is 9.55. The Labute approximate surface area is 175 Å². The predicted octanol–water partition coefficient (Wildman–Crippen LogP) is 6.31. The van der Waals surface area contributed by atoms with E-state index in [0.29, 0.717) is 6.42 Å². The summed E-state index contributed by atoms with van der Waals surface area (Å²) in [7, 11) is 0. The summed E-state index contributed by atoms with van der Waals surface area (Å²) in [5.74, 6) is -0.00802. The molecule has 1 N–H and O–H groups in total. The second kappa shape index (κ2) is 14.6. The molecule has 1 heterocycles. The van der Waals surface area contributed by atoms with Crippen LogP contribution in [0.1, 0.15) is 84.0 Å². The fourth-order valence-corrected chi connectivity index (χ4v) is 3.22. The van der Waals surface area contributed by atoms with Gasteiger partial charge in [-0.25, -0.2) is 5.43 Å². The average molecular weight is 397 g/mol. The van der Waals surface area contributed by atoms with Gasteiger partial charge in [0, 0.05) is 6.42 Å². The van der Waals surface area contributed by atoms with Crippen LogP contribution in [0.4, 0.5) is 0 Å². The SMILES string of the molecule is CCCCC/C=C/C/C=C/CCCCCCCC(=O)Nn1nnc2ccccc21. The van der Waals surface area contributed by atoms with E-state index in [2.05, 4.69) is 47.0 Å². The summed E-state index contributed by atoms with van der Waals surface area (Å²) < 4.78 is 0. The van der Waals surface area contributed by atoms with Crippen LogP contribution in [0.3, 0.4) is 0 Å². The molecule has 0 unspecified atom stereocenters. The number of para-hydroxylation sites is 1. The van der Waals surface area contributed by atoms with E-state index in [1.54, 1.807) is 0 Å². The Bertz CT molecular complexity index is 763. The second-order valence-electron chi connectivity index (χ2n) is 7.51. The number of hydrogen-bond acceptors (Lipinski definition) is 3. The summed E-state index contributed by atoms with van der Waals surface area (Å²) in [5.41, 5.74) is 4.41. The molecule has 0 spiro atoms. The smallest absolute Gasteiger partial charge is 0.240 e. The van der Waals surface area contributed by atoms with Gasteiger partial charge in [0.1, 0.15) is 11.0 Å². The van der Waals surface area contributed by atoms with Crippen molar-refractivity contribution in [2.24, 2.45) is 0 Å². The van der Waals surface area contributed by atoms with Crippen molar-refractivity contribution in [1.29, 1.82) is 0 Å². The van der Waals surface area contributed by atoms with Gasteiger partial charge in [-0.05, 0) is 55.9 Å². The van der Waals surface area contributed by atoms with Gasteiger partial charge < -0.3 is 0 Å². The highest BCUT2D eigenvalue weighted by molar-refractivity contribution is 5.85. The number of unbranched alkanes of at least 4 members (excludes halogenated alkanes) is 8. The molecule has 0 saturated carbocycles. The molecule has 0 radical (unpaired) electrons. The van der Waals surface area contributed by atoms with Crippen molar-refractivity contribution in [3.05, 3.63) is 48.6 Å². The van der Waals surface area contributed by atoms with Crippen LogP contribution < -0.4 is 5.43 Å². The van der Waals surface area contributed by atoms with Gasteiger partial charge in [-0.1, -0.05) is 75.5 Å². The molecule has 0 atom stereocenters. The first kappa shape index (κ1) is 22.9. The lowest BCUT2D eigenvalue weighted by Gasteiger charge is -2.05. The summed E-state index contributed by atoms with van der Waals surface area (Å²) >= 11 is 0. The average Bonchev–Trinajstić information content (AvgIpc) is 3.14. The molecule has 1 amide bonds. The number of aromatic nitrogens is 3. The first-order chi connectivity index (χ1) is 14.3. The molecule has 0 aliphatic heterocycles. The lowest BCUT2D eigenvalue weighted by Crippen LogP contribution is -2.23. The van der Waals surface area contributed by atoms with Gasteiger partial charge in [0.25, 0.3) is 0 Å². The third-order valence-corrected chi connectivity index (χ3v) is 4.94. The fraction of sp³-hybridized carbons (Fsp3) is 0.542. The minimum atomic E-state index is -0.00802. The highest BCUT2D eigenvalue weighted by atomic mass is 16.2. The number of carbonyl (C=O) groups is 1. The van der Waals surface area contributed by atoms with Crippen LogP contribution in [-0.2, 0) is 4.79 Å². The Balaban J connectivity index is 1.44. The van der Waals surface area contributed by atoms with Crippen LogP contribution >= 0.6 is 0 Å². The van der Waals surface area contributed by atoms with Gasteiger partial charge >= 0.3 is 0 Å². The van der Waals surface area contributed by atoms with Crippen molar-refractivity contribution in [3.63, 3.8) is 0 Å². The number of fused-ring (bicyclic) bond motifs is 1. The van der Waals surface area contributed by atoms with E-state index in [-0.39, 0.29) is 5.91 Å². The van der Waals surface area contributed by atoms with E-state index < -0.39 is 0 Å². The molecule has 1 aromatic heterocycles. The van der Waals surface area contributed by atoms with E-state index >= 15 is 0 Å². The highest BCUT2D eigenvalue weighted by Gasteiger charge is 2.06. The summed E-state index contributed by atoms with van der Waals surface area (Å²) in [5, 5.41) is 8.02. The first-order valence-electron chi connectivity index (χ1n) is 11.2. The number of amides is 1. The number of hydrogen-bond donors (Lipinski definition) is 1. The van der Waals surface area contributed by atoms with Crippen molar-refractivity contribution in [2.45, 2.75) is 84.0 Å². The van der Waals surface area contributed by atoms with Crippen molar-refractivity contribution in [2.75, 3.05) is 5.43 Å². The van der Waals surface area contributed by atoms with Crippen LogP contribution in [0.2, 0.25) is 0 Å². The molecule has 0 fully saturated rings. The molecular weight excluding hydrogens is 360 g/mol. The van der Waals surface area contributed by atoms with Gasteiger partial charge in [-0.2, -0.15) is 4.79 Å². The second-order valence-corrected chi connectivity index (χ2v) is 7.51. The quantitative estimate of drug-likeness (QED) is 0.283. The molecule has 2 rings (SSSR count). The lowest BCUT2D eigenvalue weighted by atomic mass is 10.1. The highest BCUT2D eigenvalue weighted by Crippen LogP contribution is 2.10. The Morgan fingerprint density at radius 1 is 0.931 bits per heavy atom. The monoisotopic (exact) mass is 396 g/mol. The molecule has 158 valence electrons. The molecule has 1 aromatic carbocycles. The minimum Gasteiger partial charge on any atom is -0.273 e. The summed E-state index contributed by atoms with van der Waals surface area (Å²) in [6, 6.07) is 7.60. The number of benzene rings is 1. The lowest BCUT2D eigenvalue weighted by molar-refractivity contribution is -0.117. The van der Waals surface area contributed by atoms with Gasteiger partial charge in [0.15, 0.2) is 0 Å². The standard InChI is InChI=1S/C24H36N4O/c1-2-3-4-5-6-7-8-9-10-11-12-13-14-15-16-21-24(29)26-28-23-20-18-17-19-22(23)25-27-28/h6-7,9-10,17-20H,2-5,8,11-16,21H2,1H3,(H,26,29)/b7-6+,10-9+. The Kier molecular flexibility index (Phi) is 11.5. The zero-order valence-corrected chi connectivity index (χ0v) is 17.9. The van der Waals surface area contributed by atoms with Crippen LogP contribution in [0.5, 0.6) is 0 Å². The Hall–Kier alpha value is -2.43. The largest absolute Gasteiger partial charge is 0.273 e. The van der Waals surface area contributed by atoms with E-state index in [1.165, 1.54) is 49.7 Å². The van der Waals surface area contributed by atoms with Crippen LogP contribution in [0.15, 0.2) is 48.6 Å². The Morgan fingerprint density at radius 2 is 1.62 bits per heavy atom. The van der Waals surface area contributed by atoms with Gasteiger partial charge in [0.05, 0.1) is 0 Å². The maximum Gasteiger partial charge on any atom is 0.240 e. The molecular formula is C24H36N4O. The zero-order chi connectivity index (χ0) is 20.6. The number of nitrogens with one attached hydrogen (secondary N) is 1. The normalized spacial score (nSPS) is 11.8. The summed E-state index contributed by atoms with van der Waals surface area (Å²) in [6.45, 7) is 2.24. The summed E-state index contributed by atoms with van der Waals surface area (Å²) in [6.07, 6.45) is 22.7. The molecule has 0 saturated heterocycles.